The van der Waals surface area contributed by atoms with Crippen LogP contribution in [0, 0.1) is 18.3 Å². The van der Waals surface area contributed by atoms with Gasteiger partial charge in [-0.25, -0.2) is 0 Å². The number of nitrogens with zero attached hydrogens (tertiary/aromatic N) is 2. The molecule has 6 nitrogen and oxygen atoms in total. The number of pyridine rings is 1. The first-order chi connectivity index (χ1) is 12.8. The summed E-state index contributed by atoms with van der Waals surface area (Å²) < 4.78 is 6.48. The highest BCUT2D eigenvalue weighted by Gasteiger charge is 2.25. The van der Waals surface area contributed by atoms with E-state index < -0.39 is 17.2 Å². The molecule has 0 aliphatic rings. The lowest BCUT2D eigenvalue weighted by atomic mass is 9.97. The predicted molar refractivity (Wildman–Crippen MR) is 102 cm³/mol. The first-order valence-corrected chi connectivity index (χ1v) is 8.94. The van der Waals surface area contributed by atoms with Gasteiger partial charge >= 0.3 is 0 Å². The Kier molecular flexibility index (Phi) is 6.78. The third-order valence-electron chi connectivity index (χ3n) is 4.12. The van der Waals surface area contributed by atoms with E-state index in [-0.39, 0.29) is 39.9 Å². The molecule has 0 radical (unpaired) electrons. The van der Waals surface area contributed by atoms with Crippen molar-refractivity contribution in [2.75, 3.05) is 6.61 Å². The van der Waals surface area contributed by atoms with E-state index in [0.29, 0.717) is 13.0 Å². The molecule has 0 amide bonds. The third-order valence-corrected chi connectivity index (χ3v) is 4.45. The van der Waals surface area contributed by atoms with Gasteiger partial charge in [0.2, 0.25) is 5.88 Å². The van der Waals surface area contributed by atoms with Crippen LogP contribution < -0.4 is 5.56 Å². The average molecular weight is 389 g/mol. The molecular formula is C20H21ClN2O4. The summed E-state index contributed by atoms with van der Waals surface area (Å²) in [6.45, 7) is 5.76. The van der Waals surface area contributed by atoms with Crippen LogP contribution in [0.4, 0.5) is 0 Å². The van der Waals surface area contributed by atoms with Gasteiger partial charge < -0.3 is 9.84 Å². The third kappa shape index (κ3) is 4.38. The summed E-state index contributed by atoms with van der Waals surface area (Å²) in [4.78, 5) is 25.5. The van der Waals surface area contributed by atoms with Gasteiger partial charge in [-0.3, -0.25) is 14.2 Å². The van der Waals surface area contributed by atoms with Crippen LogP contribution in [0.1, 0.15) is 47.3 Å². The van der Waals surface area contributed by atoms with Crippen molar-refractivity contribution >= 4 is 17.4 Å². The maximum Gasteiger partial charge on any atom is 0.271 e. The predicted octanol–water partition coefficient (Wildman–Crippen LogP) is 3.43. The van der Waals surface area contributed by atoms with Gasteiger partial charge in [-0.1, -0.05) is 23.7 Å². The molecule has 0 aliphatic carbocycles. The molecule has 0 atom stereocenters. The van der Waals surface area contributed by atoms with Crippen molar-refractivity contribution in [3.63, 3.8) is 0 Å². The topological polar surface area (TPSA) is 92.3 Å². The van der Waals surface area contributed by atoms with Crippen LogP contribution in [0.3, 0.4) is 0 Å². The zero-order chi connectivity index (χ0) is 20.1. The van der Waals surface area contributed by atoms with Crippen molar-refractivity contribution < 1.29 is 14.6 Å². The van der Waals surface area contributed by atoms with Crippen molar-refractivity contribution in [1.29, 1.82) is 5.26 Å². The normalized spacial score (nSPS) is 10.8. The molecule has 1 N–H and O–H groups in total. The summed E-state index contributed by atoms with van der Waals surface area (Å²) in [5, 5.41) is 20.3. The van der Waals surface area contributed by atoms with Crippen LogP contribution >= 0.6 is 11.6 Å². The van der Waals surface area contributed by atoms with E-state index in [4.69, 9.17) is 16.3 Å². The summed E-state index contributed by atoms with van der Waals surface area (Å²) in [7, 11) is 0. The molecule has 0 spiro atoms. The van der Waals surface area contributed by atoms with Gasteiger partial charge in [-0.2, -0.15) is 5.26 Å². The highest BCUT2D eigenvalue weighted by atomic mass is 35.5. The average Bonchev–Trinajstić information content (AvgIpc) is 2.61. The van der Waals surface area contributed by atoms with E-state index in [2.05, 4.69) is 0 Å². The second-order valence-electron chi connectivity index (χ2n) is 6.35. The molecule has 1 aromatic carbocycles. The van der Waals surface area contributed by atoms with Crippen LogP contribution in [0.15, 0.2) is 29.1 Å². The minimum atomic E-state index is -0.632. The Morgan fingerprint density at radius 2 is 2.04 bits per heavy atom. The molecule has 1 aromatic heterocycles. The fourth-order valence-electron chi connectivity index (χ4n) is 2.75. The fraction of sp³-hybridized carbons (Fsp3) is 0.350. The molecule has 0 saturated carbocycles. The number of benzene rings is 1. The van der Waals surface area contributed by atoms with E-state index in [0.717, 1.165) is 4.57 Å². The van der Waals surface area contributed by atoms with Crippen LogP contribution in [-0.4, -0.2) is 28.2 Å². The monoisotopic (exact) mass is 388 g/mol. The van der Waals surface area contributed by atoms with E-state index >= 15 is 0 Å². The van der Waals surface area contributed by atoms with E-state index in [1.54, 1.807) is 18.2 Å². The van der Waals surface area contributed by atoms with Gasteiger partial charge in [-0.05, 0) is 44.9 Å². The Labute approximate surface area is 162 Å². The van der Waals surface area contributed by atoms with E-state index in [1.807, 2.05) is 19.9 Å². The quantitative estimate of drug-likeness (QED) is 0.579. The molecule has 1 heterocycles. The number of nitriles is 1. The molecule has 0 unspecified atom stereocenters. The highest BCUT2D eigenvalue weighted by Crippen LogP contribution is 2.27. The number of halogens is 1. The SMILES string of the molecule is Cc1c(C(=O)c2ccccc2Cl)c(O)n(CCCOC(C)C)c(=O)c1C#N. The summed E-state index contributed by atoms with van der Waals surface area (Å²) in [6.07, 6.45) is 0.486. The molecule has 0 saturated heterocycles. The molecule has 0 bridgehead atoms. The maximum atomic E-state index is 13.0. The lowest BCUT2D eigenvalue weighted by Gasteiger charge is -2.16. The Morgan fingerprint density at radius 1 is 1.37 bits per heavy atom. The number of carbonyl (C=O) groups is 1. The second kappa shape index (κ2) is 8.85. The number of carbonyl (C=O) groups excluding carboxylic acids is 1. The molecular weight excluding hydrogens is 368 g/mol. The van der Waals surface area contributed by atoms with E-state index in [1.165, 1.54) is 13.0 Å². The Bertz CT molecular complexity index is 958. The van der Waals surface area contributed by atoms with Crippen LogP contribution in [0.5, 0.6) is 5.88 Å². The maximum absolute atomic E-state index is 13.0. The van der Waals surface area contributed by atoms with Crippen molar-refractivity contribution in [1.82, 2.24) is 4.57 Å². The molecule has 27 heavy (non-hydrogen) atoms. The summed E-state index contributed by atoms with van der Waals surface area (Å²) in [5.41, 5.74) is -0.570. The lowest BCUT2D eigenvalue weighted by Crippen LogP contribution is -2.27. The van der Waals surface area contributed by atoms with Crippen LogP contribution in [-0.2, 0) is 11.3 Å². The minimum Gasteiger partial charge on any atom is -0.494 e. The lowest BCUT2D eigenvalue weighted by molar-refractivity contribution is 0.0743. The summed E-state index contributed by atoms with van der Waals surface area (Å²) >= 11 is 6.10. The Morgan fingerprint density at radius 3 is 2.63 bits per heavy atom. The number of ether oxygens (including phenoxy) is 1. The molecule has 2 rings (SSSR count). The van der Waals surface area contributed by atoms with Gasteiger partial charge in [0.1, 0.15) is 11.6 Å². The molecule has 2 aromatic rings. The second-order valence-corrected chi connectivity index (χ2v) is 6.76. The number of hydrogen-bond donors (Lipinski definition) is 1. The van der Waals surface area contributed by atoms with Gasteiger partial charge in [0.25, 0.3) is 5.56 Å². The number of aromatic hydroxyl groups is 1. The number of hydrogen-bond acceptors (Lipinski definition) is 5. The minimum absolute atomic E-state index is 0.0420. The Hall–Kier alpha value is -2.62. The highest BCUT2D eigenvalue weighted by molar-refractivity contribution is 6.35. The Balaban J connectivity index is 2.53. The molecule has 0 aliphatic heterocycles. The molecule has 142 valence electrons. The van der Waals surface area contributed by atoms with Gasteiger partial charge in [0.15, 0.2) is 5.78 Å². The molecule has 7 heteroatoms. The number of rotatable bonds is 7. The largest absolute Gasteiger partial charge is 0.494 e. The first-order valence-electron chi connectivity index (χ1n) is 8.56. The van der Waals surface area contributed by atoms with E-state index in [9.17, 15) is 20.0 Å². The van der Waals surface area contributed by atoms with Crippen molar-refractivity contribution in [3.8, 4) is 11.9 Å². The number of ketones is 1. The van der Waals surface area contributed by atoms with Crippen molar-refractivity contribution in [2.24, 2.45) is 0 Å². The zero-order valence-electron chi connectivity index (χ0n) is 15.5. The smallest absolute Gasteiger partial charge is 0.271 e. The van der Waals surface area contributed by atoms with Gasteiger partial charge in [0.05, 0.1) is 16.7 Å². The fourth-order valence-corrected chi connectivity index (χ4v) is 2.97. The van der Waals surface area contributed by atoms with Crippen molar-refractivity contribution in [3.05, 3.63) is 61.9 Å². The summed E-state index contributed by atoms with van der Waals surface area (Å²) in [6, 6.07) is 8.26. The van der Waals surface area contributed by atoms with Gasteiger partial charge in [-0.15, -0.1) is 0 Å². The number of aromatic nitrogens is 1. The van der Waals surface area contributed by atoms with Crippen LogP contribution in [0.2, 0.25) is 5.02 Å². The van der Waals surface area contributed by atoms with Gasteiger partial charge in [0, 0.05) is 18.7 Å². The first kappa shape index (κ1) is 20.7. The summed E-state index contributed by atoms with van der Waals surface area (Å²) in [5.74, 6) is -1.01. The molecule has 0 fully saturated rings. The van der Waals surface area contributed by atoms with Crippen molar-refractivity contribution in [2.45, 2.75) is 39.8 Å². The standard InChI is InChI=1S/C20H21ClN2O4/c1-12(2)27-10-6-9-23-19(25)15(11-22)13(3)17(20(23)26)18(24)14-7-4-5-8-16(14)21/h4-5,7-8,12,26H,6,9-10H2,1-3H3. The van der Waals surface area contributed by atoms with Crippen LogP contribution in [0.25, 0.3) is 0 Å². The zero-order valence-corrected chi connectivity index (χ0v) is 16.2.